The van der Waals surface area contributed by atoms with Gasteiger partial charge in [0, 0.05) is 12.5 Å². The lowest BCUT2D eigenvalue weighted by molar-refractivity contribution is -0.148. The number of benzene rings is 2. The average molecular weight is 264 g/mol. The molecule has 2 unspecified atom stereocenters. The predicted octanol–water partition coefficient (Wildman–Crippen LogP) is 2.96. The quantitative estimate of drug-likeness (QED) is 0.833. The van der Waals surface area contributed by atoms with Crippen molar-refractivity contribution in [2.45, 2.75) is 17.9 Å². The van der Waals surface area contributed by atoms with E-state index in [1.807, 2.05) is 60.7 Å². The van der Waals surface area contributed by atoms with Gasteiger partial charge >= 0.3 is 0 Å². The SMILES string of the molecule is O=C1C2CCOC2C1(c1ccccc1)c1ccccc1. The van der Waals surface area contributed by atoms with Crippen molar-refractivity contribution in [1.82, 2.24) is 0 Å². The van der Waals surface area contributed by atoms with E-state index in [9.17, 15) is 4.79 Å². The summed E-state index contributed by atoms with van der Waals surface area (Å²) >= 11 is 0. The Kier molecular flexibility index (Phi) is 2.54. The van der Waals surface area contributed by atoms with Gasteiger partial charge in [0.1, 0.15) is 5.41 Å². The van der Waals surface area contributed by atoms with Crippen LogP contribution < -0.4 is 0 Å². The van der Waals surface area contributed by atoms with Crippen molar-refractivity contribution in [3.63, 3.8) is 0 Å². The maximum absolute atomic E-state index is 12.9. The van der Waals surface area contributed by atoms with E-state index in [4.69, 9.17) is 4.74 Å². The fraction of sp³-hybridized carbons (Fsp3) is 0.278. The molecule has 2 aromatic carbocycles. The highest BCUT2D eigenvalue weighted by Gasteiger charge is 2.66. The van der Waals surface area contributed by atoms with E-state index >= 15 is 0 Å². The van der Waals surface area contributed by atoms with Gasteiger partial charge in [0.2, 0.25) is 0 Å². The molecule has 2 aromatic rings. The molecule has 2 nitrogen and oxygen atoms in total. The summed E-state index contributed by atoms with van der Waals surface area (Å²) in [5.41, 5.74) is 1.52. The molecule has 0 bridgehead atoms. The minimum Gasteiger partial charge on any atom is -0.376 e. The fourth-order valence-corrected chi connectivity index (χ4v) is 3.80. The van der Waals surface area contributed by atoms with Crippen LogP contribution in [0.3, 0.4) is 0 Å². The minimum absolute atomic E-state index is 0.000185. The van der Waals surface area contributed by atoms with Crippen LogP contribution in [0.5, 0.6) is 0 Å². The lowest BCUT2D eigenvalue weighted by atomic mass is 9.52. The Morgan fingerprint density at radius 1 is 0.900 bits per heavy atom. The molecule has 2 atom stereocenters. The molecule has 4 rings (SSSR count). The summed E-state index contributed by atoms with van der Waals surface area (Å²) < 4.78 is 5.93. The van der Waals surface area contributed by atoms with Gasteiger partial charge in [0.25, 0.3) is 0 Å². The largest absolute Gasteiger partial charge is 0.376 e. The van der Waals surface area contributed by atoms with Gasteiger partial charge in [0.15, 0.2) is 5.78 Å². The number of ether oxygens (including phenoxy) is 1. The number of hydrogen-bond acceptors (Lipinski definition) is 2. The van der Waals surface area contributed by atoms with Crippen LogP contribution in [-0.4, -0.2) is 18.5 Å². The van der Waals surface area contributed by atoms with Crippen LogP contribution in [0, 0.1) is 5.92 Å². The van der Waals surface area contributed by atoms with Crippen molar-refractivity contribution in [2.24, 2.45) is 5.92 Å². The molecule has 1 heterocycles. The summed E-state index contributed by atoms with van der Waals surface area (Å²) in [7, 11) is 0. The molecule has 1 saturated heterocycles. The summed E-state index contributed by atoms with van der Waals surface area (Å²) in [6.45, 7) is 0.697. The molecular weight excluding hydrogens is 248 g/mol. The fourth-order valence-electron chi connectivity index (χ4n) is 3.80. The Hall–Kier alpha value is -1.93. The number of carbonyl (C=O) groups is 1. The first-order valence-electron chi connectivity index (χ1n) is 7.12. The zero-order valence-corrected chi connectivity index (χ0v) is 11.2. The van der Waals surface area contributed by atoms with E-state index in [1.54, 1.807) is 0 Å². The Morgan fingerprint density at radius 3 is 2.00 bits per heavy atom. The minimum atomic E-state index is -0.594. The first-order chi connectivity index (χ1) is 9.85. The summed E-state index contributed by atoms with van der Waals surface area (Å²) in [4.78, 5) is 12.9. The molecule has 2 heteroatoms. The Balaban J connectivity index is 1.93. The first-order valence-corrected chi connectivity index (χ1v) is 7.12. The molecular formula is C18H16O2. The van der Waals surface area contributed by atoms with E-state index in [2.05, 4.69) is 0 Å². The van der Waals surface area contributed by atoms with Crippen LogP contribution in [0.15, 0.2) is 60.7 Å². The van der Waals surface area contributed by atoms with Crippen LogP contribution in [-0.2, 0) is 14.9 Å². The standard InChI is InChI=1S/C18H16O2/c19-16-15-11-12-20-17(15)18(16,13-7-3-1-4-8-13)14-9-5-2-6-10-14/h1-10,15,17H,11-12H2. The zero-order valence-electron chi connectivity index (χ0n) is 11.2. The van der Waals surface area contributed by atoms with Gasteiger partial charge in [-0.05, 0) is 17.5 Å². The molecule has 1 saturated carbocycles. The van der Waals surface area contributed by atoms with Gasteiger partial charge in [0.05, 0.1) is 6.10 Å². The normalized spacial score (nSPS) is 26.9. The third-order valence-electron chi connectivity index (χ3n) is 4.70. The van der Waals surface area contributed by atoms with Crippen LogP contribution >= 0.6 is 0 Å². The van der Waals surface area contributed by atoms with E-state index in [0.29, 0.717) is 12.4 Å². The van der Waals surface area contributed by atoms with Crippen LogP contribution in [0.25, 0.3) is 0 Å². The van der Waals surface area contributed by atoms with E-state index in [0.717, 1.165) is 17.5 Å². The maximum Gasteiger partial charge on any atom is 0.156 e. The molecule has 0 amide bonds. The summed E-state index contributed by atoms with van der Waals surface area (Å²) in [5.74, 6) is 0.396. The number of Topliss-reactive ketones (excluding diaryl/α,β-unsaturated/α-hetero) is 1. The summed E-state index contributed by atoms with van der Waals surface area (Å²) in [6.07, 6.45) is 0.866. The van der Waals surface area contributed by atoms with Gasteiger partial charge < -0.3 is 4.74 Å². The molecule has 20 heavy (non-hydrogen) atoms. The number of ketones is 1. The number of rotatable bonds is 2. The van der Waals surface area contributed by atoms with Gasteiger partial charge in [-0.3, -0.25) is 4.79 Å². The monoisotopic (exact) mass is 264 g/mol. The first kappa shape index (κ1) is 11.9. The molecule has 1 aliphatic carbocycles. The van der Waals surface area contributed by atoms with Crippen molar-refractivity contribution in [3.05, 3.63) is 71.8 Å². The second-order valence-corrected chi connectivity index (χ2v) is 5.59. The highest BCUT2D eigenvalue weighted by atomic mass is 16.5. The van der Waals surface area contributed by atoms with E-state index < -0.39 is 5.41 Å². The van der Waals surface area contributed by atoms with Crippen molar-refractivity contribution in [2.75, 3.05) is 6.61 Å². The topological polar surface area (TPSA) is 26.3 Å². The molecule has 0 aromatic heterocycles. The highest BCUT2D eigenvalue weighted by molar-refractivity contribution is 6.03. The van der Waals surface area contributed by atoms with Crippen LogP contribution in [0.4, 0.5) is 0 Å². The zero-order chi connectivity index (χ0) is 13.6. The maximum atomic E-state index is 12.9. The molecule has 2 fully saturated rings. The lowest BCUT2D eigenvalue weighted by Crippen LogP contribution is -2.63. The molecule has 2 aliphatic rings. The predicted molar refractivity (Wildman–Crippen MR) is 76.5 cm³/mol. The third-order valence-corrected chi connectivity index (χ3v) is 4.70. The summed E-state index contributed by atoms with van der Waals surface area (Å²) in [5, 5.41) is 0. The lowest BCUT2D eigenvalue weighted by Gasteiger charge is -2.50. The Morgan fingerprint density at radius 2 is 1.45 bits per heavy atom. The van der Waals surface area contributed by atoms with Gasteiger partial charge in [-0.1, -0.05) is 60.7 Å². The van der Waals surface area contributed by atoms with E-state index in [-0.39, 0.29) is 12.0 Å². The summed E-state index contributed by atoms with van der Waals surface area (Å²) in [6, 6.07) is 20.1. The van der Waals surface area contributed by atoms with Gasteiger partial charge in [-0.15, -0.1) is 0 Å². The van der Waals surface area contributed by atoms with Gasteiger partial charge in [-0.2, -0.15) is 0 Å². The third kappa shape index (κ3) is 1.35. The van der Waals surface area contributed by atoms with Crippen molar-refractivity contribution >= 4 is 5.78 Å². The Labute approximate surface area is 118 Å². The molecule has 0 N–H and O–H groups in total. The number of fused-ring (bicyclic) bond motifs is 1. The van der Waals surface area contributed by atoms with Crippen molar-refractivity contribution < 1.29 is 9.53 Å². The van der Waals surface area contributed by atoms with E-state index in [1.165, 1.54) is 0 Å². The highest BCUT2D eigenvalue weighted by Crippen LogP contribution is 2.54. The Bertz CT molecular complexity index is 593. The van der Waals surface area contributed by atoms with Crippen LogP contribution in [0.1, 0.15) is 17.5 Å². The van der Waals surface area contributed by atoms with Crippen LogP contribution in [0.2, 0.25) is 0 Å². The molecule has 0 spiro atoms. The van der Waals surface area contributed by atoms with Gasteiger partial charge in [-0.25, -0.2) is 0 Å². The smallest absolute Gasteiger partial charge is 0.156 e. The number of carbonyl (C=O) groups excluding carboxylic acids is 1. The average Bonchev–Trinajstić information content (AvgIpc) is 2.95. The number of hydrogen-bond donors (Lipinski definition) is 0. The van der Waals surface area contributed by atoms with Crippen molar-refractivity contribution in [1.29, 1.82) is 0 Å². The second-order valence-electron chi connectivity index (χ2n) is 5.59. The molecule has 0 radical (unpaired) electrons. The molecule has 1 aliphatic heterocycles. The molecule has 100 valence electrons. The van der Waals surface area contributed by atoms with Crippen molar-refractivity contribution in [3.8, 4) is 0 Å². The second kappa shape index (κ2) is 4.29.